The van der Waals surface area contributed by atoms with E-state index >= 15 is 0 Å². The van der Waals surface area contributed by atoms with E-state index in [4.69, 9.17) is 0 Å². The van der Waals surface area contributed by atoms with Gasteiger partial charge in [-0.15, -0.1) is 0 Å². The van der Waals surface area contributed by atoms with Gasteiger partial charge in [0.05, 0.1) is 0 Å². The summed E-state index contributed by atoms with van der Waals surface area (Å²) >= 11 is 0. The minimum Gasteiger partial charge on any atom is -0.0622 e. The van der Waals surface area contributed by atoms with Gasteiger partial charge in [-0.1, -0.05) is 40.5 Å². The fourth-order valence-electron chi connectivity index (χ4n) is 5.71. The Bertz CT molecular complexity index is 264. The summed E-state index contributed by atoms with van der Waals surface area (Å²) in [6, 6.07) is 0. The summed E-state index contributed by atoms with van der Waals surface area (Å²) in [6.07, 6.45) is 9.25. The van der Waals surface area contributed by atoms with Gasteiger partial charge in [-0.2, -0.15) is 0 Å². The van der Waals surface area contributed by atoms with Crippen LogP contribution in [0.3, 0.4) is 0 Å². The molecule has 0 aromatic rings. The third-order valence-electron chi connectivity index (χ3n) is 7.49. The van der Waals surface area contributed by atoms with Crippen LogP contribution in [0.15, 0.2) is 0 Å². The average Bonchev–Trinajstić information content (AvgIpc) is 2.38. The lowest BCUT2D eigenvalue weighted by atomic mass is 9.53. The van der Waals surface area contributed by atoms with E-state index in [0.717, 1.165) is 47.3 Å². The SMILES string of the molecule is CC1CCC2CC3C(CCC(C)C3C)CC2C1C. The van der Waals surface area contributed by atoms with Crippen molar-refractivity contribution in [2.45, 2.75) is 66.2 Å². The van der Waals surface area contributed by atoms with Gasteiger partial charge in [0.25, 0.3) is 0 Å². The van der Waals surface area contributed by atoms with Crippen LogP contribution < -0.4 is 0 Å². The molecule has 0 heterocycles. The minimum atomic E-state index is 0.989. The van der Waals surface area contributed by atoms with Gasteiger partial charge in [-0.3, -0.25) is 0 Å². The molecule has 3 rings (SSSR count). The zero-order valence-corrected chi connectivity index (χ0v) is 12.9. The van der Waals surface area contributed by atoms with Gasteiger partial charge in [0.1, 0.15) is 0 Å². The normalized spacial score (nSPS) is 56.7. The van der Waals surface area contributed by atoms with Crippen LogP contribution in [0.25, 0.3) is 0 Å². The summed E-state index contributed by atoms with van der Waals surface area (Å²) in [4.78, 5) is 0. The molecule has 3 aliphatic rings. The Morgan fingerprint density at radius 2 is 0.944 bits per heavy atom. The quantitative estimate of drug-likeness (QED) is 0.540. The molecule has 8 atom stereocenters. The van der Waals surface area contributed by atoms with Gasteiger partial charge >= 0.3 is 0 Å². The predicted octanol–water partition coefficient (Wildman–Crippen LogP) is 5.38. The third kappa shape index (κ3) is 2.04. The molecule has 3 fully saturated rings. The summed E-state index contributed by atoms with van der Waals surface area (Å²) in [5.74, 6) is 8.31. The largest absolute Gasteiger partial charge is 0.0622 e. The smallest absolute Gasteiger partial charge is 0.0355 e. The fourth-order valence-corrected chi connectivity index (χ4v) is 5.71. The molecular weight excluding hydrogens is 216 g/mol. The second kappa shape index (κ2) is 4.84. The first-order chi connectivity index (χ1) is 8.58. The van der Waals surface area contributed by atoms with Crippen molar-refractivity contribution >= 4 is 0 Å². The van der Waals surface area contributed by atoms with Gasteiger partial charge in [-0.05, 0) is 73.0 Å². The van der Waals surface area contributed by atoms with E-state index in [9.17, 15) is 0 Å². The average molecular weight is 248 g/mol. The summed E-state index contributed by atoms with van der Waals surface area (Å²) in [5.41, 5.74) is 0. The molecule has 0 aromatic carbocycles. The second-order valence-electron chi connectivity index (χ2n) is 8.15. The van der Waals surface area contributed by atoms with Crippen LogP contribution in [0, 0.1) is 47.3 Å². The molecule has 0 aliphatic heterocycles. The Hall–Kier alpha value is 0. The molecule has 8 unspecified atom stereocenters. The molecule has 0 bridgehead atoms. The van der Waals surface area contributed by atoms with E-state index in [1.807, 2.05) is 0 Å². The lowest BCUT2D eigenvalue weighted by molar-refractivity contribution is -0.0309. The maximum atomic E-state index is 2.55. The predicted molar refractivity (Wildman–Crippen MR) is 78.3 cm³/mol. The van der Waals surface area contributed by atoms with Crippen LogP contribution in [-0.4, -0.2) is 0 Å². The van der Waals surface area contributed by atoms with E-state index in [1.54, 1.807) is 25.7 Å². The minimum absolute atomic E-state index is 0.989. The van der Waals surface area contributed by atoms with Crippen LogP contribution in [-0.2, 0) is 0 Å². The zero-order chi connectivity index (χ0) is 12.9. The van der Waals surface area contributed by atoms with Crippen LogP contribution in [0.4, 0.5) is 0 Å². The maximum absolute atomic E-state index is 2.55. The molecule has 0 nitrogen and oxygen atoms in total. The van der Waals surface area contributed by atoms with Crippen molar-refractivity contribution in [3.8, 4) is 0 Å². The van der Waals surface area contributed by atoms with Crippen molar-refractivity contribution in [1.82, 2.24) is 0 Å². The van der Waals surface area contributed by atoms with Crippen molar-refractivity contribution < 1.29 is 0 Å². The summed E-state index contributed by atoms with van der Waals surface area (Å²) in [5, 5.41) is 0. The molecule has 0 radical (unpaired) electrons. The van der Waals surface area contributed by atoms with Crippen molar-refractivity contribution in [2.24, 2.45) is 47.3 Å². The third-order valence-corrected chi connectivity index (χ3v) is 7.49. The Morgan fingerprint density at radius 1 is 0.556 bits per heavy atom. The maximum Gasteiger partial charge on any atom is -0.0355 e. The number of hydrogen-bond acceptors (Lipinski definition) is 0. The highest BCUT2D eigenvalue weighted by Gasteiger charge is 2.46. The second-order valence-corrected chi connectivity index (χ2v) is 8.15. The van der Waals surface area contributed by atoms with E-state index < -0.39 is 0 Å². The first-order valence-electron chi connectivity index (χ1n) is 8.58. The Morgan fingerprint density at radius 3 is 1.33 bits per heavy atom. The Labute approximate surface area is 114 Å². The van der Waals surface area contributed by atoms with Gasteiger partial charge in [0.15, 0.2) is 0 Å². The van der Waals surface area contributed by atoms with Crippen LogP contribution in [0.5, 0.6) is 0 Å². The highest BCUT2D eigenvalue weighted by Crippen LogP contribution is 2.55. The number of fused-ring (bicyclic) bond motifs is 2. The molecule has 0 aromatic heterocycles. The van der Waals surface area contributed by atoms with Crippen molar-refractivity contribution in [3.63, 3.8) is 0 Å². The first-order valence-corrected chi connectivity index (χ1v) is 8.58. The highest BCUT2D eigenvalue weighted by atomic mass is 14.5. The lowest BCUT2D eigenvalue weighted by Crippen LogP contribution is -2.44. The number of hydrogen-bond donors (Lipinski definition) is 0. The topological polar surface area (TPSA) is 0 Å². The molecule has 0 heteroatoms. The molecule has 0 amide bonds. The lowest BCUT2D eigenvalue weighted by Gasteiger charge is -2.53. The first kappa shape index (κ1) is 13.0. The van der Waals surface area contributed by atoms with Gasteiger partial charge < -0.3 is 0 Å². The summed E-state index contributed by atoms with van der Waals surface area (Å²) in [6.45, 7) is 10.1. The molecule has 0 N–H and O–H groups in total. The Kier molecular flexibility index (Phi) is 3.49. The van der Waals surface area contributed by atoms with Crippen LogP contribution in [0.2, 0.25) is 0 Å². The summed E-state index contributed by atoms with van der Waals surface area (Å²) < 4.78 is 0. The van der Waals surface area contributed by atoms with E-state index in [1.165, 1.54) is 12.8 Å². The monoisotopic (exact) mass is 248 g/mol. The van der Waals surface area contributed by atoms with E-state index in [0.29, 0.717) is 0 Å². The molecule has 18 heavy (non-hydrogen) atoms. The molecule has 0 spiro atoms. The van der Waals surface area contributed by atoms with Crippen LogP contribution in [0.1, 0.15) is 66.2 Å². The van der Waals surface area contributed by atoms with E-state index in [2.05, 4.69) is 27.7 Å². The molecule has 3 aliphatic carbocycles. The molecule has 0 saturated heterocycles. The van der Waals surface area contributed by atoms with Crippen molar-refractivity contribution in [3.05, 3.63) is 0 Å². The molecular formula is C18H32. The van der Waals surface area contributed by atoms with Crippen LogP contribution >= 0.6 is 0 Å². The Balaban J connectivity index is 1.75. The van der Waals surface area contributed by atoms with Crippen molar-refractivity contribution in [1.29, 1.82) is 0 Å². The molecule has 104 valence electrons. The standard InChI is InChI=1S/C18H32/c1-11-5-7-15-10-18-14(4)12(2)6-8-16(18)9-17(15)13(11)3/h11-18H,5-10H2,1-4H3. The zero-order valence-electron chi connectivity index (χ0n) is 12.9. The fraction of sp³-hybridized carbons (Fsp3) is 1.00. The number of rotatable bonds is 0. The van der Waals surface area contributed by atoms with Gasteiger partial charge in [0.2, 0.25) is 0 Å². The summed E-state index contributed by atoms with van der Waals surface area (Å²) in [7, 11) is 0. The van der Waals surface area contributed by atoms with Gasteiger partial charge in [-0.25, -0.2) is 0 Å². The highest BCUT2D eigenvalue weighted by molar-refractivity contribution is 4.95. The molecule has 3 saturated carbocycles. The van der Waals surface area contributed by atoms with Gasteiger partial charge in [0, 0.05) is 0 Å². The van der Waals surface area contributed by atoms with Crippen molar-refractivity contribution in [2.75, 3.05) is 0 Å². The van der Waals surface area contributed by atoms with E-state index in [-0.39, 0.29) is 0 Å².